The zero-order valence-electron chi connectivity index (χ0n) is 20.3. The van der Waals surface area contributed by atoms with Crippen molar-refractivity contribution < 1.29 is 19.0 Å². The predicted molar refractivity (Wildman–Crippen MR) is 136 cm³/mol. The smallest absolute Gasteiger partial charge is 0.235 e. The maximum atomic E-state index is 12.7. The lowest BCUT2D eigenvalue weighted by atomic mass is 9.89. The van der Waals surface area contributed by atoms with Gasteiger partial charge in [-0.2, -0.15) is 5.26 Å². The second kappa shape index (κ2) is 10.6. The number of methoxy groups -OCH3 is 3. The molecule has 3 aromatic rings. The van der Waals surface area contributed by atoms with Gasteiger partial charge in [0, 0.05) is 17.5 Å². The van der Waals surface area contributed by atoms with Gasteiger partial charge in [0.1, 0.15) is 11.1 Å². The number of hydrogen-bond acceptors (Lipinski definition) is 9. The Hall–Kier alpha value is -3.23. The first-order chi connectivity index (χ1) is 16.9. The summed E-state index contributed by atoms with van der Waals surface area (Å²) in [5, 5.41) is 22.4. The summed E-state index contributed by atoms with van der Waals surface area (Å²) < 4.78 is 18.1. The number of thiophene rings is 1. The molecule has 0 saturated carbocycles. The molecule has 11 heteroatoms. The summed E-state index contributed by atoms with van der Waals surface area (Å²) in [4.78, 5) is 13.9. The van der Waals surface area contributed by atoms with Crippen molar-refractivity contribution in [2.75, 3.05) is 32.4 Å². The van der Waals surface area contributed by atoms with Crippen LogP contribution in [0.1, 0.15) is 29.3 Å². The van der Waals surface area contributed by atoms with Gasteiger partial charge in [-0.05, 0) is 42.9 Å². The number of aromatic nitrogens is 3. The van der Waals surface area contributed by atoms with E-state index in [0.717, 1.165) is 30.4 Å². The number of carbonyl (C=O) groups excluding carboxylic acids is 1. The van der Waals surface area contributed by atoms with Gasteiger partial charge in [0.05, 0.1) is 32.6 Å². The Bertz CT molecular complexity index is 1270. The highest BCUT2D eigenvalue weighted by Crippen LogP contribution is 2.41. The van der Waals surface area contributed by atoms with E-state index in [0.29, 0.717) is 44.7 Å². The zero-order chi connectivity index (χ0) is 25.1. The third-order valence-electron chi connectivity index (χ3n) is 5.97. The zero-order valence-corrected chi connectivity index (χ0v) is 21.9. The maximum Gasteiger partial charge on any atom is 0.235 e. The van der Waals surface area contributed by atoms with Gasteiger partial charge in [-0.15, -0.1) is 21.5 Å². The molecular weight excluding hydrogens is 486 g/mol. The number of nitrogens with one attached hydrogen (secondary N) is 1. The van der Waals surface area contributed by atoms with Crippen LogP contribution in [0, 0.1) is 17.2 Å². The molecule has 1 aliphatic rings. The van der Waals surface area contributed by atoms with Crippen molar-refractivity contribution in [1.82, 2.24) is 14.8 Å². The largest absolute Gasteiger partial charge is 0.493 e. The molecule has 1 aliphatic carbocycles. The molecule has 1 unspecified atom stereocenters. The highest BCUT2D eigenvalue weighted by Gasteiger charge is 2.25. The van der Waals surface area contributed by atoms with Gasteiger partial charge >= 0.3 is 0 Å². The van der Waals surface area contributed by atoms with E-state index in [1.165, 1.54) is 28.0 Å². The quantitative estimate of drug-likeness (QED) is 0.444. The first-order valence-electron chi connectivity index (χ1n) is 11.1. The SMILES string of the molecule is COc1cc(-c2nnc(SCC(=O)Nc3sc4c(c3C#N)CCC(C)C4)n2C)cc(OC)c1OC. The van der Waals surface area contributed by atoms with Gasteiger partial charge in [-0.3, -0.25) is 4.79 Å². The minimum atomic E-state index is -0.185. The second-order valence-corrected chi connectivity index (χ2v) is 10.3. The first kappa shape index (κ1) is 24.9. The number of carbonyl (C=O) groups is 1. The Morgan fingerprint density at radius 1 is 1.26 bits per heavy atom. The van der Waals surface area contributed by atoms with Crippen LogP contribution in [0.15, 0.2) is 17.3 Å². The van der Waals surface area contributed by atoms with E-state index < -0.39 is 0 Å². The topological polar surface area (TPSA) is 111 Å². The fraction of sp³-hybridized carbons (Fsp3) is 0.417. The summed E-state index contributed by atoms with van der Waals surface area (Å²) in [6.45, 7) is 2.22. The Morgan fingerprint density at radius 2 is 1.97 bits per heavy atom. The molecular formula is C24H27N5O4S2. The van der Waals surface area contributed by atoms with E-state index in [-0.39, 0.29) is 11.7 Å². The number of rotatable bonds is 8. The van der Waals surface area contributed by atoms with E-state index in [1.807, 2.05) is 11.6 Å². The summed E-state index contributed by atoms with van der Waals surface area (Å²) in [7, 11) is 6.49. The number of ether oxygens (including phenoxy) is 3. The molecule has 1 aromatic carbocycles. The minimum Gasteiger partial charge on any atom is -0.493 e. The number of nitrogens with zero attached hydrogens (tertiary/aromatic N) is 4. The molecule has 0 fully saturated rings. The summed E-state index contributed by atoms with van der Waals surface area (Å²) in [6.07, 6.45) is 2.92. The summed E-state index contributed by atoms with van der Waals surface area (Å²) in [5.41, 5.74) is 2.45. The number of benzene rings is 1. The Morgan fingerprint density at radius 3 is 2.60 bits per heavy atom. The average molecular weight is 514 g/mol. The summed E-state index contributed by atoms with van der Waals surface area (Å²) >= 11 is 2.80. The molecule has 1 N–H and O–H groups in total. The van der Waals surface area contributed by atoms with E-state index in [2.05, 4.69) is 28.5 Å². The Labute approximate surface area is 212 Å². The lowest BCUT2D eigenvalue weighted by Gasteiger charge is -2.17. The van der Waals surface area contributed by atoms with E-state index in [9.17, 15) is 10.1 Å². The number of anilines is 1. The summed E-state index contributed by atoms with van der Waals surface area (Å²) in [5.74, 6) is 2.68. The van der Waals surface area contributed by atoms with E-state index >= 15 is 0 Å². The number of fused-ring (bicyclic) bond motifs is 1. The van der Waals surface area contributed by atoms with Crippen LogP contribution in [0.2, 0.25) is 0 Å². The van der Waals surface area contributed by atoms with Crippen molar-refractivity contribution in [2.24, 2.45) is 13.0 Å². The Balaban J connectivity index is 1.48. The van der Waals surface area contributed by atoms with Crippen molar-refractivity contribution in [3.8, 4) is 34.7 Å². The molecule has 35 heavy (non-hydrogen) atoms. The van der Waals surface area contributed by atoms with E-state index in [1.54, 1.807) is 33.5 Å². The molecule has 4 rings (SSSR count). The molecule has 2 heterocycles. The highest BCUT2D eigenvalue weighted by atomic mass is 32.2. The van der Waals surface area contributed by atoms with Gasteiger partial charge in [0.2, 0.25) is 11.7 Å². The first-order valence-corrected chi connectivity index (χ1v) is 12.9. The van der Waals surface area contributed by atoms with Crippen molar-refractivity contribution >= 4 is 34.0 Å². The minimum absolute atomic E-state index is 0.144. The lowest BCUT2D eigenvalue weighted by Crippen LogP contribution is -2.14. The van der Waals surface area contributed by atoms with E-state index in [4.69, 9.17) is 14.2 Å². The fourth-order valence-corrected chi connectivity index (χ4v) is 6.24. The second-order valence-electron chi connectivity index (χ2n) is 8.28. The molecule has 9 nitrogen and oxygen atoms in total. The average Bonchev–Trinajstić information content (AvgIpc) is 3.40. The number of amides is 1. The molecule has 0 bridgehead atoms. The van der Waals surface area contributed by atoms with Crippen LogP contribution in [0.3, 0.4) is 0 Å². The third kappa shape index (κ3) is 4.94. The summed E-state index contributed by atoms with van der Waals surface area (Å²) in [6, 6.07) is 5.89. The van der Waals surface area contributed by atoms with Crippen LogP contribution in [0.4, 0.5) is 5.00 Å². The van der Waals surface area contributed by atoms with Crippen LogP contribution in [-0.4, -0.2) is 47.8 Å². The van der Waals surface area contributed by atoms with Gasteiger partial charge in [0.25, 0.3) is 0 Å². The standard InChI is InChI=1S/C24H27N5O4S2/c1-13-6-7-15-16(11-25)23(35-19(15)8-13)26-20(30)12-34-24-28-27-22(29(24)2)14-9-17(31-3)21(33-5)18(10-14)32-4/h9-10,13H,6-8,12H2,1-5H3,(H,26,30). The van der Waals surface area contributed by atoms with Crippen molar-refractivity contribution in [1.29, 1.82) is 5.26 Å². The van der Waals surface area contributed by atoms with Crippen LogP contribution < -0.4 is 19.5 Å². The van der Waals surface area contributed by atoms with Gasteiger partial charge in [-0.25, -0.2) is 0 Å². The predicted octanol–water partition coefficient (Wildman–Crippen LogP) is 4.30. The van der Waals surface area contributed by atoms with Crippen LogP contribution in [-0.2, 0) is 24.7 Å². The fourth-order valence-electron chi connectivity index (χ4n) is 4.15. The van der Waals surface area contributed by atoms with Gasteiger partial charge in [-0.1, -0.05) is 18.7 Å². The monoisotopic (exact) mass is 513 g/mol. The van der Waals surface area contributed by atoms with Crippen molar-refractivity contribution in [2.45, 2.75) is 31.3 Å². The molecule has 184 valence electrons. The third-order valence-corrected chi connectivity index (χ3v) is 8.16. The number of nitriles is 1. The Kier molecular flexibility index (Phi) is 7.52. The molecule has 0 saturated heterocycles. The molecule has 1 atom stereocenters. The van der Waals surface area contributed by atoms with Crippen LogP contribution >= 0.6 is 23.1 Å². The van der Waals surface area contributed by atoms with Crippen LogP contribution in [0.25, 0.3) is 11.4 Å². The molecule has 0 spiro atoms. The lowest BCUT2D eigenvalue weighted by molar-refractivity contribution is -0.113. The molecule has 0 aliphatic heterocycles. The highest BCUT2D eigenvalue weighted by molar-refractivity contribution is 7.99. The van der Waals surface area contributed by atoms with Crippen molar-refractivity contribution in [3.63, 3.8) is 0 Å². The number of hydrogen-bond donors (Lipinski definition) is 1. The van der Waals surface area contributed by atoms with Crippen LogP contribution in [0.5, 0.6) is 17.2 Å². The maximum absolute atomic E-state index is 12.7. The molecule has 1 amide bonds. The van der Waals surface area contributed by atoms with Crippen molar-refractivity contribution in [3.05, 3.63) is 28.1 Å². The van der Waals surface area contributed by atoms with Gasteiger partial charge in [0.15, 0.2) is 22.5 Å². The molecule has 2 aromatic heterocycles. The normalized spacial score (nSPS) is 14.7. The number of thioether (sulfide) groups is 1. The van der Waals surface area contributed by atoms with Gasteiger partial charge < -0.3 is 24.1 Å². The molecule has 0 radical (unpaired) electrons.